The zero-order valence-electron chi connectivity index (χ0n) is 12.3. The Labute approximate surface area is 119 Å². The van der Waals surface area contributed by atoms with E-state index in [1.165, 1.54) is 7.11 Å². The quantitative estimate of drug-likeness (QED) is 0.778. The lowest BCUT2D eigenvalue weighted by Gasteiger charge is -2.31. The number of nitrogens with zero attached hydrogens (tertiary/aromatic N) is 1. The van der Waals surface area contributed by atoms with Gasteiger partial charge in [-0.25, -0.2) is 0 Å². The third-order valence-electron chi connectivity index (χ3n) is 3.87. The van der Waals surface area contributed by atoms with Crippen molar-refractivity contribution in [2.24, 2.45) is 5.92 Å². The number of carbonyl (C=O) groups is 2. The fourth-order valence-corrected chi connectivity index (χ4v) is 2.66. The molecule has 4 heteroatoms. The molecule has 1 aromatic rings. The Morgan fingerprint density at radius 3 is 2.75 bits per heavy atom. The largest absolute Gasteiger partial charge is 0.469 e. The topological polar surface area (TPSA) is 46.6 Å². The van der Waals surface area contributed by atoms with Gasteiger partial charge in [0.25, 0.3) is 5.91 Å². The predicted octanol–water partition coefficient (Wildman–Crippen LogP) is 2.33. The number of piperidine rings is 1. The summed E-state index contributed by atoms with van der Waals surface area (Å²) >= 11 is 0. The molecule has 108 valence electrons. The highest BCUT2D eigenvalue weighted by molar-refractivity contribution is 5.96. The van der Waals surface area contributed by atoms with Gasteiger partial charge in [0.05, 0.1) is 13.0 Å². The number of esters is 1. The van der Waals surface area contributed by atoms with Gasteiger partial charge < -0.3 is 9.64 Å². The summed E-state index contributed by atoms with van der Waals surface area (Å²) in [6.45, 7) is 5.08. The molecule has 0 spiro atoms. The van der Waals surface area contributed by atoms with Gasteiger partial charge in [0, 0.05) is 18.7 Å². The average molecular weight is 275 g/mol. The van der Waals surface area contributed by atoms with Crippen LogP contribution in [0, 0.1) is 19.8 Å². The van der Waals surface area contributed by atoms with Crippen LogP contribution in [0.25, 0.3) is 0 Å². The maximum atomic E-state index is 12.6. The first-order valence-corrected chi connectivity index (χ1v) is 6.97. The molecule has 0 radical (unpaired) electrons. The number of likely N-dealkylation sites (tertiary alicyclic amines) is 1. The third-order valence-corrected chi connectivity index (χ3v) is 3.87. The molecule has 0 N–H and O–H groups in total. The molecule has 0 aromatic heterocycles. The van der Waals surface area contributed by atoms with Crippen LogP contribution in [-0.2, 0) is 9.53 Å². The summed E-state index contributed by atoms with van der Waals surface area (Å²) in [4.78, 5) is 26.0. The zero-order valence-corrected chi connectivity index (χ0v) is 12.3. The van der Waals surface area contributed by atoms with Crippen molar-refractivity contribution in [2.45, 2.75) is 26.7 Å². The van der Waals surface area contributed by atoms with Gasteiger partial charge in [0.15, 0.2) is 0 Å². The Balaban J connectivity index is 2.16. The molecule has 1 heterocycles. The van der Waals surface area contributed by atoms with E-state index < -0.39 is 0 Å². The number of methoxy groups -OCH3 is 1. The normalized spacial score (nSPS) is 18.8. The Bertz CT molecular complexity index is 524. The van der Waals surface area contributed by atoms with Crippen LogP contribution in [0.4, 0.5) is 0 Å². The Kier molecular flexibility index (Phi) is 4.42. The fourth-order valence-electron chi connectivity index (χ4n) is 2.66. The van der Waals surface area contributed by atoms with Crippen molar-refractivity contribution < 1.29 is 14.3 Å². The maximum absolute atomic E-state index is 12.6. The molecule has 1 atom stereocenters. The number of hydrogen-bond acceptors (Lipinski definition) is 3. The van der Waals surface area contributed by atoms with Gasteiger partial charge in [-0.2, -0.15) is 0 Å². The Hall–Kier alpha value is -1.84. The summed E-state index contributed by atoms with van der Waals surface area (Å²) in [6.07, 6.45) is 1.64. The molecule has 1 saturated heterocycles. The highest BCUT2D eigenvalue weighted by Crippen LogP contribution is 2.21. The molecule has 1 amide bonds. The van der Waals surface area contributed by atoms with Crippen LogP contribution < -0.4 is 0 Å². The van der Waals surface area contributed by atoms with E-state index in [0.717, 1.165) is 29.5 Å². The maximum Gasteiger partial charge on any atom is 0.310 e. The van der Waals surface area contributed by atoms with E-state index in [-0.39, 0.29) is 17.8 Å². The van der Waals surface area contributed by atoms with Crippen LogP contribution >= 0.6 is 0 Å². The number of carbonyl (C=O) groups excluding carboxylic acids is 2. The first kappa shape index (κ1) is 14.6. The number of aryl methyl sites for hydroxylation is 2. The molecule has 1 aliphatic heterocycles. The van der Waals surface area contributed by atoms with E-state index in [1.54, 1.807) is 4.90 Å². The number of rotatable bonds is 2. The first-order chi connectivity index (χ1) is 9.52. The monoisotopic (exact) mass is 275 g/mol. The van der Waals surface area contributed by atoms with Crippen LogP contribution in [0.2, 0.25) is 0 Å². The lowest BCUT2D eigenvalue weighted by atomic mass is 9.96. The highest BCUT2D eigenvalue weighted by atomic mass is 16.5. The lowest BCUT2D eigenvalue weighted by Crippen LogP contribution is -2.42. The van der Waals surface area contributed by atoms with Crippen molar-refractivity contribution in [3.63, 3.8) is 0 Å². The smallest absolute Gasteiger partial charge is 0.310 e. The number of amides is 1. The molecule has 1 aliphatic rings. The molecule has 0 bridgehead atoms. The molecule has 1 fully saturated rings. The molecular weight excluding hydrogens is 254 g/mol. The third kappa shape index (κ3) is 3.00. The van der Waals surface area contributed by atoms with Crippen molar-refractivity contribution in [3.05, 3.63) is 34.9 Å². The van der Waals surface area contributed by atoms with Gasteiger partial charge in [0.2, 0.25) is 0 Å². The van der Waals surface area contributed by atoms with Gasteiger partial charge >= 0.3 is 5.97 Å². The Morgan fingerprint density at radius 1 is 1.30 bits per heavy atom. The van der Waals surface area contributed by atoms with E-state index in [4.69, 9.17) is 4.74 Å². The van der Waals surface area contributed by atoms with E-state index in [0.29, 0.717) is 13.1 Å². The molecule has 20 heavy (non-hydrogen) atoms. The van der Waals surface area contributed by atoms with Gasteiger partial charge in [-0.3, -0.25) is 9.59 Å². The van der Waals surface area contributed by atoms with Crippen molar-refractivity contribution in [1.82, 2.24) is 4.90 Å². The van der Waals surface area contributed by atoms with Crippen molar-refractivity contribution in [3.8, 4) is 0 Å². The van der Waals surface area contributed by atoms with Gasteiger partial charge in [-0.05, 0) is 38.3 Å². The summed E-state index contributed by atoms with van der Waals surface area (Å²) in [5, 5.41) is 0. The molecule has 0 saturated carbocycles. The molecule has 4 nitrogen and oxygen atoms in total. The second-order valence-corrected chi connectivity index (χ2v) is 5.43. The SMILES string of the molecule is COC(=O)[C@H]1CCCN(C(=O)c2cc(C)ccc2C)C1. The minimum Gasteiger partial charge on any atom is -0.469 e. The van der Waals surface area contributed by atoms with Crippen LogP contribution in [0.15, 0.2) is 18.2 Å². The molecule has 1 aromatic carbocycles. The van der Waals surface area contributed by atoms with Gasteiger partial charge in [0.1, 0.15) is 0 Å². The van der Waals surface area contributed by atoms with E-state index in [1.807, 2.05) is 32.0 Å². The summed E-state index contributed by atoms with van der Waals surface area (Å²) in [7, 11) is 1.40. The summed E-state index contributed by atoms with van der Waals surface area (Å²) in [5.74, 6) is -0.397. The highest BCUT2D eigenvalue weighted by Gasteiger charge is 2.29. The van der Waals surface area contributed by atoms with Crippen LogP contribution in [0.1, 0.15) is 34.3 Å². The number of hydrogen-bond donors (Lipinski definition) is 0. The summed E-state index contributed by atoms with van der Waals surface area (Å²) in [6, 6.07) is 5.88. The number of ether oxygens (including phenoxy) is 1. The van der Waals surface area contributed by atoms with Crippen LogP contribution in [0.3, 0.4) is 0 Å². The van der Waals surface area contributed by atoms with Crippen molar-refractivity contribution in [2.75, 3.05) is 20.2 Å². The van der Waals surface area contributed by atoms with E-state index in [2.05, 4.69) is 0 Å². The number of benzene rings is 1. The van der Waals surface area contributed by atoms with Gasteiger partial charge in [-0.15, -0.1) is 0 Å². The molecule has 0 aliphatic carbocycles. The minimum absolute atomic E-state index is 0.0137. The van der Waals surface area contributed by atoms with Crippen LogP contribution in [0.5, 0.6) is 0 Å². The summed E-state index contributed by atoms with van der Waals surface area (Å²) in [5.41, 5.74) is 2.77. The fraction of sp³-hybridized carbons (Fsp3) is 0.500. The lowest BCUT2D eigenvalue weighted by molar-refractivity contribution is -0.146. The van der Waals surface area contributed by atoms with Gasteiger partial charge in [-0.1, -0.05) is 17.7 Å². The molecule has 2 rings (SSSR count). The predicted molar refractivity (Wildman–Crippen MR) is 76.6 cm³/mol. The van der Waals surface area contributed by atoms with E-state index in [9.17, 15) is 9.59 Å². The standard InChI is InChI=1S/C16H21NO3/c1-11-6-7-12(2)14(9-11)15(18)17-8-4-5-13(10-17)16(19)20-3/h6-7,9,13H,4-5,8,10H2,1-3H3/t13-/m0/s1. The van der Waals surface area contributed by atoms with Crippen LogP contribution in [-0.4, -0.2) is 37.0 Å². The summed E-state index contributed by atoms with van der Waals surface area (Å²) < 4.78 is 4.79. The Morgan fingerprint density at radius 2 is 2.05 bits per heavy atom. The zero-order chi connectivity index (χ0) is 14.7. The van der Waals surface area contributed by atoms with Crippen molar-refractivity contribution in [1.29, 1.82) is 0 Å². The minimum atomic E-state index is -0.219. The second kappa shape index (κ2) is 6.07. The van der Waals surface area contributed by atoms with Crippen molar-refractivity contribution >= 4 is 11.9 Å². The molecule has 0 unspecified atom stereocenters. The first-order valence-electron chi connectivity index (χ1n) is 6.97. The molecular formula is C16H21NO3. The second-order valence-electron chi connectivity index (χ2n) is 5.43. The average Bonchev–Trinajstić information content (AvgIpc) is 2.48. The van der Waals surface area contributed by atoms with E-state index >= 15 is 0 Å².